The van der Waals surface area contributed by atoms with Gasteiger partial charge in [-0.05, 0) is 30.9 Å². The maximum absolute atomic E-state index is 12.6. The first-order valence-corrected chi connectivity index (χ1v) is 7.42. The molecule has 2 aliphatic heterocycles. The van der Waals surface area contributed by atoms with E-state index in [4.69, 9.17) is 5.73 Å². The monoisotopic (exact) mass is 288 g/mol. The summed E-state index contributed by atoms with van der Waals surface area (Å²) in [7, 11) is 0. The van der Waals surface area contributed by atoms with Crippen molar-refractivity contribution in [2.75, 3.05) is 13.1 Å². The lowest BCUT2D eigenvalue weighted by atomic mass is 9.98. The predicted octanol–water partition coefficient (Wildman–Crippen LogP) is 0.264. The number of aromatic nitrogens is 1. The average molecular weight is 288 g/mol. The number of carbonyl (C=O) groups excluding carboxylic acids is 2. The van der Waals surface area contributed by atoms with Gasteiger partial charge >= 0.3 is 0 Å². The third kappa shape index (κ3) is 2.63. The molecule has 0 aliphatic carbocycles. The van der Waals surface area contributed by atoms with Gasteiger partial charge in [-0.15, -0.1) is 0 Å². The van der Waals surface area contributed by atoms with Crippen molar-refractivity contribution in [1.82, 2.24) is 14.8 Å². The van der Waals surface area contributed by atoms with Crippen LogP contribution in [-0.4, -0.2) is 45.7 Å². The summed E-state index contributed by atoms with van der Waals surface area (Å²) in [6, 6.07) is 3.48. The Morgan fingerprint density at radius 3 is 3.00 bits per heavy atom. The van der Waals surface area contributed by atoms with Crippen LogP contribution >= 0.6 is 0 Å². The molecular weight excluding hydrogens is 268 g/mol. The van der Waals surface area contributed by atoms with Gasteiger partial charge in [0.2, 0.25) is 11.8 Å². The molecule has 112 valence electrons. The Morgan fingerprint density at radius 1 is 1.33 bits per heavy atom. The summed E-state index contributed by atoms with van der Waals surface area (Å²) in [5.41, 5.74) is 7.39. The quantitative estimate of drug-likeness (QED) is 0.865. The lowest BCUT2D eigenvalue weighted by Crippen LogP contribution is -2.60. The van der Waals surface area contributed by atoms with Gasteiger partial charge in [-0.3, -0.25) is 14.6 Å². The van der Waals surface area contributed by atoms with Gasteiger partial charge in [0.05, 0.1) is 5.69 Å². The molecule has 6 nitrogen and oxygen atoms in total. The van der Waals surface area contributed by atoms with Gasteiger partial charge in [0.15, 0.2) is 0 Å². The summed E-state index contributed by atoms with van der Waals surface area (Å²) >= 11 is 0. The number of carbonyl (C=O) groups is 2. The second-order valence-electron chi connectivity index (χ2n) is 5.61. The highest BCUT2D eigenvalue weighted by Crippen LogP contribution is 2.24. The van der Waals surface area contributed by atoms with Crippen LogP contribution in [0.5, 0.6) is 0 Å². The molecule has 21 heavy (non-hydrogen) atoms. The smallest absolute Gasteiger partial charge is 0.246 e. The van der Waals surface area contributed by atoms with E-state index >= 15 is 0 Å². The van der Waals surface area contributed by atoms with Crippen LogP contribution in [-0.2, 0) is 22.7 Å². The van der Waals surface area contributed by atoms with E-state index in [1.54, 1.807) is 16.0 Å². The highest BCUT2D eigenvalue weighted by atomic mass is 16.2. The van der Waals surface area contributed by atoms with Gasteiger partial charge < -0.3 is 15.5 Å². The van der Waals surface area contributed by atoms with E-state index in [0.29, 0.717) is 19.6 Å². The molecule has 0 saturated carbocycles. The third-order valence-corrected chi connectivity index (χ3v) is 4.29. The van der Waals surface area contributed by atoms with E-state index in [-0.39, 0.29) is 24.4 Å². The second kappa shape index (κ2) is 5.81. The maximum Gasteiger partial charge on any atom is 0.246 e. The molecule has 6 heteroatoms. The molecule has 3 heterocycles. The molecule has 0 aromatic carbocycles. The number of amides is 2. The minimum Gasteiger partial charge on any atom is -0.329 e. The second-order valence-corrected chi connectivity index (χ2v) is 5.61. The Hall–Kier alpha value is -1.95. The van der Waals surface area contributed by atoms with Crippen LogP contribution in [0.3, 0.4) is 0 Å². The van der Waals surface area contributed by atoms with Crippen LogP contribution < -0.4 is 5.73 Å². The highest BCUT2D eigenvalue weighted by molar-refractivity contribution is 5.95. The van der Waals surface area contributed by atoms with Gasteiger partial charge in [0.25, 0.3) is 0 Å². The largest absolute Gasteiger partial charge is 0.329 e. The van der Waals surface area contributed by atoms with Crippen molar-refractivity contribution in [3.63, 3.8) is 0 Å². The van der Waals surface area contributed by atoms with Crippen LogP contribution in [0.15, 0.2) is 18.3 Å². The van der Waals surface area contributed by atoms with Crippen molar-refractivity contribution in [2.24, 2.45) is 5.73 Å². The minimum absolute atomic E-state index is 0.0532. The van der Waals surface area contributed by atoms with Crippen LogP contribution in [0.4, 0.5) is 0 Å². The zero-order valence-electron chi connectivity index (χ0n) is 12.0. The number of hydrogen-bond acceptors (Lipinski definition) is 4. The summed E-state index contributed by atoms with van der Waals surface area (Å²) in [4.78, 5) is 32.4. The maximum atomic E-state index is 12.6. The number of pyridine rings is 1. The van der Waals surface area contributed by atoms with Crippen LogP contribution in [0.25, 0.3) is 0 Å². The topological polar surface area (TPSA) is 79.5 Å². The number of fused-ring (bicyclic) bond motifs is 1. The van der Waals surface area contributed by atoms with Crippen molar-refractivity contribution >= 4 is 11.8 Å². The van der Waals surface area contributed by atoms with Gasteiger partial charge in [0, 0.05) is 25.8 Å². The summed E-state index contributed by atoms with van der Waals surface area (Å²) in [6.07, 6.45) is 4.47. The minimum atomic E-state index is -0.266. The fourth-order valence-electron chi connectivity index (χ4n) is 3.17. The molecule has 2 fully saturated rings. The number of nitrogens with zero attached hydrogens (tertiary/aromatic N) is 3. The Kier molecular flexibility index (Phi) is 3.88. The summed E-state index contributed by atoms with van der Waals surface area (Å²) < 4.78 is 0. The number of piperidine rings is 1. The summed E-state index contributed by atoms with van der Waals surface area (Å²) in [5.74, 6) is 0.110. The Labute approximate surface area is 123 Å². The van der Waals surface area contributed by atoms with Crippen molar-refractivity contribution in [3.8, 4) is 0 Å². The molecule has 0 spiro atoms. The number of hydrogen-bond donors (Lipinski definition) is 1. The van der Waals surface area contributed by atoms with E-state index in [2.05, 4.69) is 4.98 Å². The van der Waals surface area contributed by atoms with E-state index in [1.807, 2.05) is 12.1 Å². The molecule has 1 atom stereocenters. The molecule has 0 radical (unpaired) electrons. The first-order chi connectivity index (χ1) is 10.2. The first kappa shape index (κ1) is 14.0. The SMILES string of the molecule is NCc1ncccc1CN1CC(=O)N2CCCCC2C1=O. The molecule has 1 aromatic rings. The van der Waals surface area contributed by atoms with E-state index < -0.39 is 0 Å². The van der Waals surface area contributed by atoms with Gasteiger partial charge in [-0.2, -0.15) is 0 Å². The predicted molar refractivity (Wildman–Crippen MR) is 76.9 cm³/mol. The molecule has 2 amide bonds. The lowest BCUT2D eigenvalue weighted by molar-refractivity contribution is -0.158. The Morgan fingerprint density at radius 2 is 2.19 bits per heavy atom. The molecule has 0 bridgehead atoms. The van der Waals surface area contributed by atoms with Crippen molar-refractivity contribution in [1.29, 1.82) is 0 Å². The van der Waals surface area contributed by atoms with Crippen LogP contribution in [0.2, 0.25) is 0 Å². The van der Waals surface area contributed by atoms with E-state index in [0.717, 1.165) is 30.5 Å². The van der Waals surface area contributed by atoms with Gasteiger partial charge in [-0.25, -0.2) is 0 Å². The molecule has 2 N–H and O–H groups in total. The molecule has 1 unspecified atom stereocenters. The normalized spacial score (nSPS) is 22.4. The zero-order chi connectivity index (χ0) is 14.8. The summed E-state index contributed by atoms with van der Waals surface area (Å²) in [5, 5.41) is 0. The molecule has 2 aliphatic rings. The fraction of sp³-hybridized carbons (Fsp3) is 0.533. The first-order valence-electron chi connectivity index (χ1n) is 7.42. The van der Waals surface area contributed by atoms with E-state index in [9.17, 15) is 9.59 Å². The Bertz CT molecular complexity index is 560. The van der Waals surface area contributed by atoms with Crippen molar-refractivity contribution in [2.45, 2.75) is 38.4 Å². The van der Waals surface area contributed by atoms with Crippen molar-refractivity contribution in [3.05, 3.63) is 29.6 Å². The lowest BCUT2D eigenvalue weighted by Gasteiger charge is -2.42. The molecule has 2 saturated heterocycles. The van der Waals surface area contributed by atoms with Gasteiger partial charge in [0.1, 0.15) is 12.6 Å². The zero-order valence-corrected chi connectivity index (χ0v) is 12.0. The molecule has 1 aromatic heterocycles. The fourth-order valence-corrected chi connectivity index (χ4v) is 3.17. The standard InChI is InChI=1S/C15H20N4O2/c16-8-12-11(4-3-6-17-12)9-18-10-14(20)19-7-2-1-5-13(19)15(18)21/h3-4,6,13H,1-2,5,7-10,16H2. The number of piperazine rings is 1. The highest BCUT2D eigenvalue weighted by Gasteiger charge is 2.40. The molecule has 3 rings (SSSR count). The Balaban J connectivity index is 1.79. The van der Waals surface area contributed by atoms with Crippen LogP contribution in [0.1, 0.15) is 30.5 Å². The number of nitrogens with two attached hydrogens (primary N) is 1. The molecular formula is C15H20N4O2. The van der Waals surface area contributed by atoms with Gasteiger partial charge in [-0.1, -0.05) is 6.07 Å². The summed E-state index contributed by atoms with van der Waals surface area (Å²) in [6.45, 7) is 1.62. The average Bonchev–Trinajstić information content (AvgIpc) is 2.53. The van der Waals surface area contributed by atoms with Crippen molar-refractivity contribution < 1.29 is 9.59 Å². The van der Waals surface area contributed by atoms with Crippen LogP contribution in [0, 0.1) is 0 Å². The number of rotatable bonds is 3. The van der Waals surface area contributed by atoms with E-state index in [1.165, 1.54) is 0 Å². The third-order valence-electron chi connectivity index (χ3n) is 4.29.